The molecule has 3 atom stereocenters. The summed E-state index contributed by atoms with van der Waals surface area (Å²) in [4.78, 5) is 16.0. The SMILES string of the molecule is C[C@H](c1ccccc1)N(C)C[C@@H](O)[C@H](Cc1ccccc1)NC(=O)C1=Cc2ccccc2Oc2ccccc21. The number of carbonyl (C=O) groups excluding carboxylic acids is 1. The molecule has 198 valence electrons. The summed E-state index contributed by atoms with van der Waals surface area (Å²) in [6, 6.07) is 35.0. The van der Waals surface area contributed by atoms with Gasteiger partial charge in [0.2, 0.25) is 0 Å². The van der Waals surface area contributed by atoms with Gasteiger partial charge < -0.3 is 15.2 Å². The van der Waals surface area contributed by atoms with Crippen molar-refractivity contribution in [1.82, 2.24) is 10.2 Å². The quantitative estimate of drug-likeness (QED) is 0.281. The lowest BCUT2D eigenvalue weighted by Gasteiger charge is -2.31. The molecule has 5 heteroatoms. The zero-order valence-electron chi connectivity index (χ0n) is 22.3. The molecule has 1 heterocycles. The first-order chi connectivity index (χ1) is 19.0. The van der Waals surface area contributed by atoms with Crippen LogP contribution in [0.4, 0.5) is 0 Å². The van der Waals surface area contributed by atoms with Crippen molar-refractivity contribution in [3.63, 3.8) is 0 Å². The number of aliphatic hydroxyl groups excluding tert-OH is 1. The van der Waals surface area contributed by atoms with Crippen molar-refractivity contribution in [1.29, 1.82) is 0 Å². The molecule has 0 fully saturated rings. The molecule has 1 aliphatic heterocycles. The van der Waals surface area contributed by atoms with E-state index in [2.05, 4.69) is 29.3 Å². The van der Waals surface area contributed by atoms with Crippen LogP contribution in [0.3, 0.4) is 0 Å². The normalized spacial score (nSPS) is 14.6. The number of hydrogen-bond acceptors (Lipinski definition) is 4. The molecule has 1 aliphatic rings. The summed E-state index contributed by atoms with van der Waals surface area (Å²) in [5.41, 5.74) is 4.27. The topological polar surface area (TPSA) is 61.8 Å². The Bertz CT molecular complexity index is 1440. The highest BCUT2D eigenvalue weighted by Gasteiger charge is 2.28. The Morgan fingerprint density at radius 2 is 1.46 bits per heavy atom. The van der Waals surface area contributed by atoms with Gasteiger partial charge in [0.25, 0.3) is 5.91 Å². The zero-order valence-corrected chi connectivity index (χ0v) is 22.3. The number of para-hydroxylation sites is 2. The average Bonchev–Trinajstić information content (AvgIpc) is 3.14. The van der Waals surface area contributed by atoms with E-state index >= 15 is 0 Å². The molecule has 0 bridgehead atoms. The molecule has 0 radical (unpaired) electrons. The van der Waals surface area contributed by atoms with E-state index in [1.54, 1.807) is 0 Å². The fourth-order valence-electron chi connectivity index (χ4n) is 4.97. The highest BCUT2D eigenvalue weighted by Crippen LogP contribution is 2.38. The highest BCUT2D eigenvalue weighted by atomic mass is 16.5. The molecular formula is C34H34N2O3. The Morgan fingerprint density at radius 1 is 0.846 bits per heavy atom. The Hall–Kier alpha value is -4.19. The van der Waals surface area contributed by atoms with Gasteiger partial charge in [0.05, 0.1) is 17.7 Å². The van der Waals surface area contributed by atoms with E-state index in [9.17, 15) is 9.90 Å². The lowest BCUT2D eigenvalue weighted by atomic mass is 9.97. The molecule has 5 nitrogen and oxygen atoms in total. The van der Waals surface area contributed by atoms with Crippen molar-refractivity contribution in [2.75, 3.05) is 13.6 Å². The second kappa shape index (κ2) is 12.1. The number of hydrogen-bond donors (Lipinski definition) is 2. The van der Waals surface area contributed by atoms with Crippen LogP contribution in [0.15, 0.2) is 109 Å². The van der Waals surface area contributed by atoms with Gasteiger partial charge in [0, 0.05) is 23.7 Å². The Morgan fingerprint density at radius 3 is 2.21 bits per heavy atom. The minimum Gasteiger partial charge on any atom is -0.456 e. The Labute approximate surface area is 230 Å². The van der Waals surface area contributed by atoms with E-state index < -0.39 is 12.1 Å². The van der Waals surface area contributed by atoms with E-state index in [0.29, 0.717) is 35.6 Å². The van der Waals surface area contributed by atoms with Gasteiger partial charge in [-0.25, -0.2) is 0 Å². The summed E-state index contributed by atoms with van der Waals surface area (Å²) in [5, 5.41) is 14.7. The summed E-state index contributed by atoms with van der Waals surface area (Å²) < 4.78 is 6.16. The maximum absolute atomic E-state index is 13.9. The minimum atomic E-state index is -0.796. The molecule has 1 amide bonds. The number of nitrogens with one attached hydrogen (secondary N) is 1. The molecule has 5 rings (SSSR count). The summed E-state index contributed by atoms with van der Waals surface area (Å²) in [6.07, 6.45) is 1.57. The maximum atomic E-state index is 13.9. The molecule has 0 unspecified atom stereocenters. The molecule has 0 aliphatic carbocycles. The van der Waals surface area contributed by atoms with Crippen LogP contribution in [0.2, 0.25) is 0 Å². The van der Waals surface area contributed by atoms with Crippen molar-refractivity contribution in [2.45, 2.75) is 31.5 Å². The van der Waals surface area contributed by atoms with Crippen molar-refractivity contribution in [3.8, 4) is 11.5 Å². The first-order valence-electron chi connectivity index (χ1n) is 13.4. The molecular weight excluding hydrogens is 484 g/mol. The molecule has 4 aromatic carbocycles. The Kier molecular flexibility index (Phi) is 8.21. The third-order valence-corrected chi connectivity index (χ3v) is 7.36. The van der Waals surface area contributed by atoms with Crippen LogP contribution >= 0.6 is 0 Å². The number of rotatable bonds is 9. The smallest absolute Gasteiger partial charge is 0.252 e. The molecule has 39 heavy (non-hydrogen) atoms. The molecule has 0 saturated carbocycles. The highest BCUT2D eigenvalue weighted by molar-refractivity contribution is 6.25. The fraction of sp³-hybridized carbons (Fsp3) is 0.206. The standard InChI is InChI=1S/C34H34N2O3/c1-24(26-15-7-4-8-16-26)36(2)23-31(37)30(21-25-13-5-3-6-14-25)35-34(38)29-22-27-17-9-11-19-32(27)39-33-20-12-10-18-28(29)33/h3-20,22,24,30-31,37H,21,23H2,1-2H3,(H,35,38)/t24-,30+,31-/m1/s1. The summed E-state index contributed by atoms with van der Waals surface area (Å²) in [7, 11) is 2.00. The molecule has 4 aromatic rings. The van der Waals surface area contributed by atoms with Gasteiger partial charge in [-0.15, -0.1) is 0 Å². The van der Waals surface area contributed by atoms with Gasteiger partial charge in [-0.2, -0.15) is 0 Å². The van der Waals surface area contributed by atoms with Gasteiger partial charge in [0.15, 0.2) is 0 Å². The van der Waals surface area contributed by atoms with Crippen molar-refractivity contribution >= 4 is 17.6 Å². The first-order valence-corrected chi connectivity index (χ1v) is 13.4. The predicted molar refractivity (Wildman–Crippen MR) is 156 cm³/mol. The van der Waals surface area contributed by atoms with E-state index in [4.69, 9.17) is 4.74 Å². The van der Waals surface area contributed by atoms with Gasteiger partial charge in [-0.1, -0.05) is 97.1 Å². The lowest BCUT2D eigenvalue weighted by molar-refractivity contribution is -0.117. The first kappa shape index (κ1) is 26.4. The van der Waals surface area contributed by atoms with Crippen LogP contribution in [0.25, 0.3) is 11.6 Å². The van der Waals surface area contributed by atoms with Crippen molar-refractivity contribution in [3.05, 3.63) is 131 Å². The molecule has 0 spiro atoms. The number of carbonyl (C=O) groups is 1. The summed E-state index contributed by atoms with van der Waals surface area (Å²) in [5.74, 6) is 1.08. The third-order valence-electron chi connectivity index (χ3n) is 7.36. The number of fused-ring (bicyclic) bond motifs is 2. The predicted octanol–water partition coefficient (Wildman–Crippen LogP) is 6.11. The van der Waals surface area contributed by atoms with Gasteiger partial charge in [-0.05, 0) is 49.7 Å². The fourth-order valence-corrected chi connectivity index (χ4v) is 4.97. The molecule has 0 aromatic heterocycles. The number of likely N-dealkylation sites (N-methyl/N-ethyl adjacent to an activating group) is 1. The number of ether oxygens (including phenoxy) is 1. The van der Waals surface area contributed by atoms with Crippen LogP contribution in [0.1, 0.15) is 35.2 Å². The van der Waals surface area contributed by atoms with Gasteiger partial charge in [-0.3, -0.25) is 9.69 Å². The lowest BCUT2D eigenvalue weighted by Crippen LogP contribution is -2.49. The third kappa shape index (κ3) is 6.28. The maximum Gasteiger partial charge on any atom is 0.252 e. The van der Waals surface area contributed by atoms with E-state index in [-0.39, 0.29) is 11.9 Å². The second-order valence-corrected chi connectivity index (χ2v) is 10.1. The Balaban J connectivity index is 1.41. The van der Waals surface area contributed by atoms with E-state index in [0.717, 1.165) is 11.1 Å². The number of nitrogens with zero attached hydrogens (tertiary/aromatic N) is 1. The van der Waals surface area contributed by atoms with Gasteiger partial charge in [0.1, 0.15) is 11.5 Å². The second-order valence-electron chi connectivity index (χ2n) is 10.1. The van der Waals surface area contributed by atoms with Crippen LogP contribution in [0, 0.1) is 0 Å². The van der Waals surface area contributed by atoms with Crippen LogP contribution in [-0.4, -0.2) is 41.7 Å². The molecule has 2 N–H and O–H groups in total. The largest absolute Gasteiger partial charge is 0.456 e. The van der Waals surface area contributed by atoms with Crippen LogP contribution in [0.5, 0.6) is 11.5 Å². The number of amides is 1. The van der Waals surface area contributed by atoms with Crippen molar-refractivity contribution < 1.29 is 14.6 Å². The average molecular weight is 519 g/mol. The minimum absolute atomic E-state index is 0.110. The van der Waals surface area contributed by atoms with Crippen LogP contribution in [-0.2, 0) is 11.2 Å². The number of benzene rings is 4. The van der Waals surface area contributed by atoms with E-state index in [1.165, 1.54) is 5.56 Å². The monoisotopic (exact) mass is 518 g/mol. The van der Waals surface area contributed by atoms with E-state index in [1.807, 2.05) is 110 Å². The molecule has 0 saturated heterocycles. The number of aliphatic hydroxyl groups is 1. The summed E-state index contributed by atoms with van der Waals surface area (Å²) in [6.45, 7) is 2.52. The summed E-state index contributed by atoms with van der Waals surface area (Å²) >= 11 is 0. The van der Waals surface area contributed by atoms with Crippen molar-refractivity contribution in [2.24, 2.45) is 0 Å². The van der Waals surface area contributed by atoms with Gasteiger partial charge >= 0.3 is 0 Å². The zero-order chi connectivity index (χ0) is 27.2. The van der Waals surface area contributed by atoms with Crippen LogP contribution < -0.4 is 10.1 Å².